The average Bonchev–Trinajstić information content (AvgIpc) is 2.00. The topological polar surface area (TPSA) is 40.5 Å². The van der Waals surface area contributed by atoms with Crippen molar-refractivity contribution in [3.63, 3.8) is 0 Å². The number of hydrogen-bond acceptors (Lipinski definition) is 2. The highest BCUT2D eigenvalue weighted by atomic mass is 16.3. The van der Waals surface area contributed by atoms with Gasteiger partial charge in [0.25, 0.3) is 0 Å². The van der Waals surface area contributed by atoms with Gasteiger partial charge in [0, 0.05) is 12.8 Å². The molecular formula is C8H14O2. The Morgan fingerprint density at radius 2 is 1.30 bits per heavy atom. The highest BCUT2D eigenvalue weighted by Crippen LogP contribution is 2.12. The molecule has 1 rings (SSSR count). The van der Waals surface area contributed by atoms with Crippen molar-refractivity contribution in [3.8, 4) is 0 Å². The van der Waals surface area contributed by atoms with Crippen LogP contribution in [0.15, 0.2) is 23.7 Å². The predicted molar refractivity (Wildman–Crippen MR) is 42.0 cm³/mol. The smallest absolute Gasteiger partial charge is 0.0928 e. The van der Waals surface area contributed by atoms with E-state index in [1.807, 2.05) is 13.8 Å². The third kappa shape index (κ3) is 3.17. The minimum absolute atomic E-state index is 0.350. The standard InChI is InChI=1S/C6H8O2.C2H6/c7-5-1-2-6(8)4-3-5;1-2/h1-2,7-8H,3-4H2;1-2H3. The van der Waals surface area contributed by atoms with Gasteiger partial charge >= 0.3 is 0 Å². The fourth-order valence-corrected chi connectivity index (χ4v) is 0.615. The van der Waals surface area contributed by atoms with Gasteiger partial charge in [-0.15, -0.1) is 0 Å². The Hall–Kier alpha value is -0.920. The second-order valence-corrected chi connectivity index (χ2v) is 1.82. The molecular weight excluding hydrogens is 128 g/mol. The van der Waals surface area contributed by atoms with Crippen molar-refractivity contribution in [1.82, 2.24) is 0 Å². The van der Waals surface area contributed by atoms with Gasteiger partial charge in [0.1, 0.15) is 0 Å². The summed E-state index contributed by atoms with van der Waals surface area (Å²) in [6.07, 6.45) is 4.17. The maximum absolute atomic E-state index is 8.73. The number of aliphatic hydroxyl groups is 2. The van der Waals surface area contributed by atoms with E-state index in [1.165, 1.54) is 12.2 Å². The summed E-state index contributed by atoms with van der Waals surface area (Å²) >= 11 is 0. The summed E-state index contributed by atoms with van der Waals surface area (Å²) in [5, 5.41) is 17.5. The molecule has 0 spiro atoms. The molecule has 0 unspecified atom stereocenters. The number of rotatable bonds is 0. The predicted octanol–water partition coefficient (Wildman–Crippen LogP) is 2.69. The highest BCUT2D eigenvalue weighted by Gasteiger charge is 2.00. The molecule has 0 fully saturated rings. The lowest BCUT2D eigenvalue weighted by Gasteiger charge is -2.03. The van der Waals surface area contributed by atoms with Crippen LogP contribution in [0.2, 0.25) is 0 Å². The van der Waals surface area contributed by atoms with Crippen molar-refractivity contribution < 1.29 is 10.2 Å². The molecule has 0 aromatic carbocycles. The van der Waals surface area contributed by atoms with E-state index in [-0.39, 0.29) is 0 Å². The maximum atomic E-state index is 8.73. The largest absolute Gasteiger partial charge is 0.512 e. The van der Waals surface area contributed by atoms with Gasteiger partial charge in [0.05, 0.1) is 11.5 Å². The second-order valence-electron chi connectivity index (χ2n) is 1.82. The summed E-state index contributed by atoms with van der Waals surface area (Å²) in [5.74, 6) is 0.700. The van der Waals surface area contributed by atoms with Crippen molar-refractivity contribution in [3.05, 3.63) is 23.7 Å². The van der Waals surface area contributed by atoms with Gasteiger partial charge in [-0.2, -0.15) is 0 Å². The van der Waals surface area contributed by atoms with E-state index in [1.54, 1.807) is 0 Å². The molecule has 2 N–H and O–H groups in total. The summed E-state index contributed by atoms with van der Waals surface area (Å²) in [5.41, 5.74) is 0. The van der Waals surface area contributed by atoms with Crippen molar-refractivity contribution in [1.29, 1.82) is 0 Å². The first kappa shape index (κ1) is 9.08. The Kier molecular flexibility index (Phi) is 4.46. The molecule has 2 nitrogen and oxygen atoms in total. The fraction of sp³-hybridized carbons (Fsp3) is 0.500. The van der Waals surface area contributed by atoms with Gasteiger partial charge in [-0.3, -0.25) is 0 Å². The molecule has 0 aromatic heterocycles. The minimum Gasteiger partial charge on any atom is -0.512 e. The van der Waals surface area contributed by atoms with Gasteiger partial charge in [0.2, 0.25) is 0 Å². The average molecular weight is 142 g/mol. The van der Waals surface area contributed by atoms with Crippen LogP contribution in [-0.2, 0) is 0 Å². The SMILES string of the molecule is CC.OC1=CC=C(O)CC1. The van der Waals surface area contributed by atoms with E-state index in [4.69, 9.17) is 10.2 Å². The van der Waals surface area contributed by atoms with Crippen molar-refractivity contribution in [2.24, 2.45) is 0 Å². The van der Waals surface area contributed by atoms with Crippen molar-refractivity contribution in [2.75, 3.05) is 0 Å². The van der Waals surface area contributed by atoms with Gasteiger partial charge < -0.3 is 10.2 Å². The zero-order chi connectivity index (χ0) is 7.98. The number of allylic oxidation sites excluding steroid dienone is 4. The van der Waals surface area contributed by atoms with Crippen LogP contribution in [0.25, 0.3) is 0 Å². The Labute approximate surface area is 61.5 Å². The first-order valence-electron chi connectivity index (χ1n) is 3.57. The van der Waals surface area contributed by atoms with Crippen LogP contribution in [-0.4, -0.2) is 10.2 Å². The zero-order valence-corrected chi connectivity index (χ0v) is 6.46. The van der Waals surface area contributed by atoms with E-state index in [9.17, 15) is 0 Å². The Bertz CT molecular complexity index is 127. The monoisotopic (exact) mass is 142 g/mol. The lowest BCUT2D eigenvalue weighted by atomic mass is 10.1. The molecule has 1 aliphatic carbocycles. The highest BCUT2D eigenvalue weighted by molar-refractivity contribution is 5.15. The van der Waals surface area contributed by atoms with Crippen LogP contribution in [0.3, 0.4) is 0 Å². The molecule has 1 aliphatic rings. The van der Waals surface area contributed by atoms with E-state index < -0.39 is 0 Å². The molecule has 0 aliphatic heterocycles. The van der Waals surface area contributed by atoms with Crippen molar-refractivity contribution >= 4 is 0 Å². The molecule has 0 atom stereocenters. The Morgan fingerprint density at radius 3 is 1.50 bits per heavy atom. The summed E-state index contributed by atoms with van der Waals surface area (Å²) in [6.45, 7) is 4.00. The van der Waals surface area contributed by atoms with Crippen LogP contribution >= 0.6 is 0 Å². The molecule has 0 amide bonds. The van der Waals surface area contributed by atoms with E-state index in [0.29, 0.717) is 24.4 Å². The first-order chi connectivity index (χ1) is 4.79. The summed E-state index contributed by atoms with van der Waals surface area (Å²) in [4.78, 5) is 0. The van der Waals surface area contributed by atoms with Gasteiger partial charge in [-0.25, -0.2) is 0 Å². The molecule has 10 heavy (non-hydrogen) atoms. The van der Waals surface area contributed by atoms with E-state index in [0.717, 1.165) is 0 Å². The van der Waals surface area contributed by atoms with Gasteiger partial charge in [0.15, 0.2) is 0 Å². The molecule has 58 valence electrons. The van der Waals surface area contributed by atoms with Gasteiger partial charge in [-0.05, 0) is 12.2 Å². The third-order valence-electron chi connectivity index (χ3n) is 1.11. The van der Waals surface area contributed by atoms with Crippen LogP contribution in [0.4, 0.5) is 0 Å². The third-order valence-corrected chi connectivity index (χ3v) is 1.11. The van der Waals surface area contributed by atoms with E-state index >= 15 is 0 Å². The number of hydrogen-bond donors (Lipinski definition) is 2. The Morgan fingerprint density at radius 1 is 1.00 bits per heavy atom. The fourth-order valence-electron chi connectivity index (χ4n) is 0.615. The summed E-state index contributed by atoms with van der Waals surface area (Å²) in [7, 11) is 0. The summed E-state index contributed by atoms with van der Waals surface area (Å²) < 4.78 is 0. The lowest BCUT2D eigenvalue weighted by Crippen LogP contribution is -1.90. The molecule has 0 bridgehead atoms. The molecule has 0 saturated heterocycles. The first-order valence-corrected chi connectivity index (χ1v) is 3.57. The Balaban J connectivity index is 0.000000371. The molecule has 0 radical (unpaired) electrons. The minimum atomic E-state index is 0.350. The number of aliphatic hydroxyl groups excluding tert-OH is 2. The lowest BCUT2D eigenvalue weighted by molar-refractivity contribution is 0.343. The molecule has 2 heteroatoms. The maximum Gasteiger partial charge on any atom is 0.0928 e. The molecule has 0 aromatic rings. The summed E-state index contributed by atoms with van der Waals surface area (Å²) in [6, 6.07) is 0. The normalized spacial score (nSPS) is 16.2. The van der Waals surface area contributed by atoms with E-state index in [2.05, 4.69) is 0 Å². The van der Waals surface area contributed by atoms with Gasteiger partial charge in [-0.1, -0.05) is 13.8 Å². The van der Waals surface area contributed by atoms with Crippen LogP contribution < -0.4 is 0 Å². The van der Waals surface area contributed by atoms with Crippen molar-refractivity contribution in [2.45, 2.75) is 26.7 Å². The molecule has 0 heterocycles. The van der Waals surface area contributed by atoms with Crippen LogP contribution in [0.5, 0.6) is 0 Å². The molecule has 0 saturated carbocycles. The van der Waals surface area contributed by atoms with Crippen LogP contribution in [0, 0.1) is 0 Å². The van der Waals surface area contributed by atoms with Crippen LogP contribution in [0.1, 0.15) is 26.7 Å². The zero-order valence-electron chi connectivity index (χ0n) is 6.46. The quantitative estimate of drug-likeness (QED) is 0.546. The second kappa shape index (κ2) is 4.91.